The summed E-state index contributed by atoms with van der Waals surface area (Å²) in [4.78, 5) is 3.18. The number of ether oxygens (including phenoxy) is 4. The molecule has 3 aromatic carbocycles. The van der Waals surface area contributed by atoms with Crippen LogP contribution in [0.25, 0.3) is 10.9 Å². The van der Waals surface area contributed by atoms with Gasteiger partial charge in [-0.2, -0.15) is 0 Å². The largest absolute Gasteiger partial charge is 0.468 e. The first-order valence-corrected chi connectivity index (χ1v) is 13.4. The number of nitrogens with one attached hydrogen (secondary N) is 2. The monoisotopic (exact) mass is 524 g/mol. The molecule has 37 heavy (non-hydrogen) atoms. The van der Waals surface area contributed by atoms with Crippen LogP contribution in [0, 0.1) is 0 Å². The van der Waals surface area contributed by atoms with Gasteiger partial charge in [-0.25, -0.2) is 13.1 Å². The number of hydrogen-bond donors (Lipinski definition) is 2. The van der Waals surface area contributed by atoms with Crippen LogP contribution in [0.3, 0.4) is 0 Å². The minimum absolute atomic E-state index is 0.136. The van der Waals surface area contributed by atoms with Gasteiger partial charge in [0.1, 0.15) is 11.5 Å². The van der Waals surface area contributed by atoms with Crippen molar-refractivity contribution < 1.29 is 27.4 Å². The molecule has 0 aliphatic heterocycles. The van der Waals surface area contributed by atoms with Crippen molar-refractivity contribution in [1.82, 2.24) is 9.71 Å². The zero-order chi connectivity index (χ0) is 26.4. The van der Waals surface area contributed by atoms with Gasteiger partial charge in [-0.1, -0.05) is 42.5 Å². The molecule has 4 rings (SSSR count). The SMILES string of the molecule is COCOc1ccc(C(c2ccc(OCOC)cc2)c2c(S(=O)(=O)NC(C)C)[nH]c3ccccc23)cc1. The number of rotatable bonds is 12. The van der Waals surface area contributed by atoms with E-state index < -0.39 is 15.9 Å². The number of sulfonamides is 1. The Balaban J connectivity index is 1.91. The molecule has 0 bridgehead atoms. The molecule has 0 saturated heterocycles. The van der Waals surface area contributed by atoms with E-state index in [2.05, 4.69) is 9.71 Å². The highest BCUT2D eigenvalue weighted by Gasteiger charge is 2.31. The molecule has 0 spiro atoms. The number of fused-ring (bicyclic) bond motifs is 1. The molecular formula is C28H32N2O6S. The Labute approximate surface area is 217 Å². The predicted molar refractivity (Wildman–Crippen MR) is 143 cm³/mol. The van der Waals surface area contributed by atoms with Gasteiger partial charge in [0.25, 0.3) is 10.0 Å². The van der Waals surface area contributed by atoms with Crippen molar-refractivity contribution in [2.24, 2.45) is 0 Å². The molecule has 0 aliphatic rings. The van der Waals surface area contributed by atoms with Gasteiger partial charge in [0, 0.05) is 42.6 Å². The Bertz CT molecular complexity index is 1360. The van der Waals surface area contributed by atoms with E-state index in [9.17, 15) is 8.42 Å². The normalized spacial score (nSPS) is 11.9. The number of aromatic amines is 1. The molecule has 2 N–H and O–H groups in total. The highest BCUT2D eigenvalue weighted by molar-refractivity contribution is 7.89. The van der Waals surface area contributed by atoms with Crippen molar-refractivity contribution >= 4 is 20.9 Å². The zero-order valence-corrected chi connectivity index (χ0v) is 22.2. The lowest BCUT2D eigenvalue weighted by Gasteiger charge is -2.21. The number of H-pyrrole nitrogens is 1. The lowest BCUT2D eigenvalue weighted by atomic mass is 9.85. The third-order valence-corrected chi connectivity index (χ3v) is 7.41. The topological polar surface area (TPSA) is 98.9 Å². The fourth-order valence-corrected chi connectivity index (χ4v) is 5.80. The smallest absolute Gasteiger partial charge is 0.256 e. The highest BCUT2D eigenvalue weighted by atomic mass is 32.2. The van der Waals surface area contributed by atoms with E-state index in [1.54, 1.807) is 28.1 Å². The molecule has 0 saturated carbocycles. The summed E-state index contributed by atoms with van der Waals surface area (Å²) in [6.45, 7) is 3.87. The Kier molecular flexibility index (Phi) is 8.50. The van der Waals surface area contributed by atoms with Gasteiger partial charge in [0.15, 0.2) is 18.6 Å². The molecule has 9 heteroatoms. The van der Waals surface area contributed by atoms with E-state index in [4.69, 9.17) is 18.9 Å². The van der Waals surface area contributed by atoms with Crippen molar-refractivity contribution in [2.45, 2.75) is 30.8 Å². The fourth-order valence-electron chi connectivity index (χ4n) is 4.30. The van der Waals surface area contributed by atoms with Gasteiger partial charge in [0.2, 0.25) is 0 Å². The van der Waals surface area contributed by atoms with Crippen LogP contribution in [-0.2, 0) is 19.5 Å². The maximum atomic E-state index is 13.5. The van der Waals surface area contributed by atoms with Crippen molar-refractivity contribution in [3.05, 3.63) is 89.5 Å². The van der Waals surface area contributed by atoms with Crippen molar-refractivity contribution in [2.75, 3.05) is 27.8 Å². The Hall–Kier alpha value is -3.37. The third-order valence-electron chi connectivity index (χ3n) is 5.77. The second-order valence-corrected chi connectivity index (χ2v) is 10.5. The first-order valence-electron chi connectivity index (χ1n) is 11.9. The Morgan fingerprint density at radius 2 is 1.30 bits per heavy atom. The van der Waals surface area contributed by atoms with Gasteiger partial charge >= 0.3 is 0 Å². The number of hydrogen-bond acceptors (Lipinski definition) is 6. The lowest BCUT2D eigenvalue weighted by molar-refractivity contribution is 0.0509. The van der Waals surface area contributed by atoms with E-state index in [1.165, 1.54) is 0 Å². The van der Waals surface area contributed by atoms with Gasteiger partial charge in [-0.3, -0.25) is 0 Å². The fraction of sp³-hybridized carbons (Fsp3) is 0.286. The average Bonchev–Trinajstić information content (AvgIpc) is 3.28. The van der Waals surface area contributed by atoms with E-state index in [1.807, 2.05) is 72.8 Å². The van der Waals surface area contributed by atoms with E-state index >= 15 is 0 Å². The van der Waals surface area contributed by atoms with Crippen LogP contribution in [0.5, 0.6) is 11.5 Å². The summed E-state index contributed by atoms with van der Waals surface area (Å²) in [6, 6.07) is 22.5. The second-order valence-electron chi connectivity index (χ2n) is 8.86. The summed E-state index contributed by atoms with van der Waals surface area (Å²) in [5.74, 6) is 0.907. The first kappa shape index (κ1) is 26.7. The van der Waals surface area contributed by atoms with Crippen molar-refractivity contribution in [1.29, 1.82) is 0 Å². The summed E-state index contributed by atoms with van der Waals surface area (Å²) in [6.07, 6.45) is 0. The Morgan fingerprint density at radius 1 is 0.784 bits per heavy atom. The van der Waals surface area contributed by atoms with Crippen LogP contribution in [0.1, 0.15) is 36.5 Å². The minimum Gasteiger partial charge on any atom is -0.468 e. The summed E-state index contributed by atoms with van der Waals surface area (Å²) >= 11 is 0. The second kappa shape index (κ2) is 11.8. The number of benzene rings is 3. The van der Waals surface area contributed by atoms with E-state index in [0.717, 1.165) is 22.0 Å². The molecule has 0 radical (unpaired) electrons. The standard InChI is InChI=1S/C28H32N2O6S/c1-19(2)30-37(31,32)28-27(24-7-5-6-8-25(24)29-28)26(20-9-13-22(14-10-20)35-17-33-3)21-11-15-23(16-12-21)36-18-34-4/h5-16,19,26,29-30H,17-18H2,1-4H3. The number of para-hydroxylation sites is 1. The Morgan fingerprint density at radius 3 is 1.78 bits per heavy atom. The average molecular weight is 525 g/mol. The van der Waals surface area contributed by atoms with Crippen LogP contribution >= 0.6 is 0 Å². The quantitative estimate of drug-likeness (QED) is 0.253. The molecule has 0 aliphatic carbocycles. The molecule has 196 valence electrons. The molecule has 1 heterocycles. The number of aromatic nitrogens is 1. The van der Waals surface area contributed by atoms with Crippen LogP contribution < -0.4 is 14.2 Å². The van der Waals surface area contributed by atoms with Crippen LogP contribution in [0.4, 0.5) is 0 Å². The molecule has 0 amide bonds. The van der Waals surface area contributed by atoms with Gasteiger partial charge in [-0.05, 0) is 55.3 Å². The van der Waals surface area contributed by atoms with Gasteiger partial charge in [-0.15, -0.1) is 0 Å². The predicted octanol–water partition coefficient (Wildman–Crippen LogP) is 5.00. The lowest BCUT2D eigenvalue weighted by Crippen LogP contribution is -2.31. The molecular weight excluding hydrogens is 492 g/mol. The molecule has 1 aromatic heterocycles. The molecule has 0 unspecified atom stereocenters. The van der Waals surface area contributed by atoms with Crippen LogP contribution in [0.2, 0.25) is 0 Å². The summed E-state index contributed by atoms with van der Waals surface area (Å²) in [7, 11) is -0.713. The number of methoxy groups -OCH3 is 2. The summed E-state index contributed by atoms with van der Waals surface area (Å²) in [5.41, 5.74) is 3.22. The van der Waals surface area contributed by atoms with Crippen molar-refractivity contribution in [3.8, 4) is 11.5 Å². The molecule has 8 nitrogen and oxygen atoms in total. The van der Waals surface area contributed by atoms with Gasteiger partial charge in [0.05, 0.1) is 0 Å². The molecule has 0 fully saturated rings. The van der Waals surface area contributed by atoms with Gasteiger partial charge < -0.3 is 23.9 Å². The summed E-state index contributed by atoms with van der Waals surface area (Å²) in [5, 5.41) is 0.975. The first-order chi connectivity index (χ1) is 17.8. The summed E-state index contributed by atoms with van der Waals surface area (Å²) < 4.78 is 50.9. The van der Waals surface area contributed by atoms with E-state index in [-0.39, 0.29) is 24.7 Å². The maximum Gasteiger partial charge on any atom is 0.256 e. The molecule has 4 aromatic rings. The third kappa shape index (κ3) is 6.14. The van der Waals surface area contributed by atoms with Crippen LogP contribution in [0.15, 0.2) is 77.8 Å². The van der Waals surface area contributed by atoms with E-state index in [0.29, 0.717) is 17.1 Å². The maximum absolute atomic E-state index is 13.5. The molecule has 0 atom stereocenters. The van der Waals surface area contributed by atoms with Crippen molar-refractivity contribution in [3.63, 3.8) is 0 Å². The zero-order valence-electron chi connectivity index (χ0n) is 21.4. The highest BCUT2D eigenvalue weighted by Crippen LogP contribution is 2.41. The minimum atomic E-state index is -3.84. The van der Waals surface area contributed by atoms with Crippen LogP contribution in [-0.4, -0.2) is 47.2 Å².